The molecule has 3 unspecified atom stereocenters. The van der Waals surface area contributed by atoms with Crippen LogP contribution in [0.5, 0.6) is 0 Å². The second kappa shape index (κ2) is 6.19. The fourth-order valence-electron chi connectivity index (χ4n) is 3.06. The predicted molar refractivity (Wildman–Crippen MR) is 78.7 cm³/mol. The van der Waals surface area contributed by atoms with Crippen molar-refractivity contribution in [2.24, 2.45) is 17.8 Å². The molecule has 0 heterocycles. The van der Waals surface area contributed by atoms with Crippen LogP contribution in [0.25, 0.3) is 0 Å². The van der Waals surface area contributed by atoms with Crippen molar-refractivity contribution >= 4 is 8.32 Å². The minimum Gasteiger partial charge on any atom is -0.414 e. The molecule has 0 aliphatic heterocycles. The molecule has 1 aliphatic rings. The maximum Gasteiger partial charge on any atom is 0.190 e. The van der Waals surface area contributed by atoms with Crippen LogP contribution in [-0.4, -0.2) is 14.4 Å². The number of hydrogen-bond donors (Lipinski definition) is 0. The van der Waals surface area contributed by atoms with Gasteiger partial charge in [-0.2, -0.15) is 0 Å². The van der Waals surface area contributed by atoms with Crippen molar-refractivity contribution in [3.05, 3.63) is 12.7 Å². The van der Waals surface area contributed by atoms with Crippen LogP contribution in [0.3, 0.4) is 0 Å². The van der Waals surface area contributed by atoms with Crippen molar-refractivity contribution < 1.29 is 4.43 Å². The van der Waals surface area contributed by atoms with Gasteiger partial charge in [-0.15, -0.1) is 6.58 Å². The Morgan fingerprint density at radius 3 is 2.53 bits per heavy atom. The molecule has 1 saturated carbocycles. The Morgan fingerprint density at radius 1 is 1.35 bits per heavy atom. The second-order valence-electron chi connectivity index (χ2n) is 6.73. The predicted octanol–water partition coefficient (Wildman–Crippen LogP) is 4.85. The standard InChI is InChI=1S/C15H30OSi/c1-7-10-17(5,6)16-15-11-13(4)8-9-14(15)12(2)3/h7,12-15H,1,8-11H2,2-6H3. The van der Waals surface area contributed by atoms with E-state index in [-0.39, 0.29) is 0 Å². The first kappa shape index (κ1) is 15.0. The number of hydrogen-bond acceptors (Lipinski definition) is 1. The number of allylic oxidation sites excluding steroid dienone is 1. The zero-order valence-electron chi connectivity index (χ0n) is 12.3. The van der Waals surface area contributed by atoms with Gasteiger partial charge in [-0.1, -0.05) is 33.3 Å². The van der Waals surface area contributed by atoms with Gasteiger partial charge in [-0.3, -0.25) is 0 Å². The minimum atomic E-state index is -1.53. The van der Waals surface area contributed by atoms with Crippen molar-refractivity contribution in [3.63, 3.8) is 0 Å². The molecule has 0 N–H and O–H groups in total. The van der Waals surface area contributed by atoms with E-state index >= 15 is 0 Å². The summed E-state index contributed by atoms with van der Waals surface area (Å²) in [7, 11) is -1.53. The van der Waals surface area contributed by atoms with Gasteiger partial charge >= 0.3 is 0 Å². The Hall–Kier alpha value is -0.0831. The maximum absolute atomic E-state index is 6.53. The van der Waals surface area contributed by atoms with Crippen LogP contribution < -0.4 is 0 Å². The summed E-state index contributed by atoms with van der Waals surface area (Å²) in [5, 5.41) is 0. The summed E-state index contributed by atoms with van der Waals surface area (Å²) in [5.41, 5.74) is 0. The molecule has 0 aromatic rings. The van der Waals surface area contributed by atoms with Gasteiger partial charge in [0.25, 0.3) is 0 Å². The van der Waals surface area contributed by atoms with E-state index in [1.807, 2.05) is 6.08 Å². The molecule has 0 aromatic carbocycles. The monoisotopic (exact) mass is 254 g/mol. The first-order chi connectivity index (χ1) is 7.85. The Balaban J connectivity index is 2.66. The van der Waals surface area contributed by atoms with E-state index in [2.05, 4.69) is 40.4 Å². The van der Waals surface area contributed by atoms with Crippen molar-refractivity contribution in [2.75, 3.05) is 0 Å². The Morgan fingerprint density at radius 2 is 2.00 bits per heavy atom. The highest BCUT2D eigenvalue weighted by Crippen LogP contribution is 2.37. The van der Waals surface area contributed by atoms with Crippen LogP contribution >= 0.6 is 0 Å². The summed E-state index contributed by atoms with van der Waals surface area (Å²) in [5.74, 6) is 2.35. The molecule has 2 heteroatoms. The van der Waals surface area contributed by atoms with Crippen molar-refractivity contribution in [1.82, 2.24) is 0 Å². The molecule has 100 valence electrons. The van der Waals surface area contributed by atoms with Gasteiger partial charge < -0.3 is 4.43 Å². The van der Waals surface area contributed by atoms with Gasteiger partial charge in [0.2, 0.25) is 0 Å². The normalized spacial score (nSPS) is 30.6. The molecule has 1 fully saturated rings. The smallest absolute Gasteiger partial charge is 0.190 e. The molecule has 3 atom stereocenters. The van der Waals surface area contributed by atoms with Crippen molar-refractivity contribution in [2.45, 2.75) is 65.3 Å². The van der Waals surface area contributed by atoms with Crippen molar-refractivity contribution in [3.8, 4) is 0 Å². The fourth-order valence-corrected chi connectivity index (χ4v) is 4.94. The summed E-state index contributed by atoms with van der Waals surface area (Å²) in [6.07, 6.45) is 6.52. The highest BCUT2D eigenvalue weighted by atomic mass is 28.4. The molecule has 0 radical (unpaired) electrons. The van der Waals surface area contributed by atoms with E-state index in [1.54, 1.807) is 0 Å². The molecule has 0 bridgehead atoms. The lowest BCUT2D eigenvalue weighted by Gasteiger charge is -2.41. The van der Waals surface area contributed by atoms with Crippen LogP contribution in [-0.2, 0) is 4.43 Å². The maximum atomic E-state index is 6.53. The van der Waals surface area contributed by atoms with Crippen LogP contribution in [0.2, 0.25) is 19.1 Å². The van der Waals surface area contributed by atoms with Gasteiger partial charge in [0.1, 0.15) is 0 Å². The summed E-state index contributed by atoms with van der Waals surface area (Å²) in [6, 6.07) is 1.07. The SMILES string of the molecule is C=CC[Si](C)(C)OC1CC(C)CCC1C(C)C. The molecule has 17 heavy (non-hydrogen) atoms. The average molecular weight is 254 g/mol. The van der Waals surface area contributed by atoms with E-state index in [1.165, 1.54) is 19.3 Å². The topological polar surface area (TPSA) is 9.23 Å². The zero-order valence-corrected chi connectivity index (χ0v) is 13.3. The van der Waals surface area contributed by atoms with Crippen LogP contribution in [0.1, 0.15) is 40.0 Å². The van der Waals surface area contributed by atoms with Crippen LogP contribution in [0.4, 0.5) is 0 Å². The summed E-state index contributed by atoms with van der Waals surface area (Å²) < 4.78 is 6.53. The highest BCUT2D eigenvalue weighted by molar-refractivity contribution is 6.71. The largest absolute Gasteiger partial charge is 0.414 e. The van der Waals surface area contributed by atoms with E-state index < -0.39 is 8.32 Å². The Labute approximate surface area is 109 Å². The second-order valence-corrected chi connectivity index (χ2v) is 10.9. The molecule has 0 spiro atoms. The van der Waals surface area contributed by atoms with Crippen LogP contribution in [0, 0.1) is 17.8 Å². The molecule has 0 aromatic heterocycles. The van der Waals surface area contributed by atoms with Gasteiger partial charge in [0.05, 0.1) is 0 Å². The Kier molecular flexibility index (Phi) is 5.45. The highest BCUT2D eigenvalue weighted by Gasteiger charge is 2.35. The first-order valence-electron chi connectivity index (χ1n) is 7.14. The molecular weight excluding hydrogens is 224 g/mol. The lowest BCUT2D eigenvalue weighted by Crippen LogP contribution is -2.42. The molecular formula is C15H30OSi. The molecule has 1 aliphatic carbocycles. The third-order valence-electron chi connectivity index (χ3n) is 4.07. The van der Waals surface area contributed by atoms with Gasteiger partial charge in [0.15, 0.2) is 8.32 Å². The lowest BCUT2D eigenvalue weighted by atomic mass is 9.75. The zero-order chi connectivity index (χ0) is 13.1. The van der Waals surface area contributed by atoms with Crippen LogP contribution in [0.15, 0.2) is 12.7 Å². The van der Waals surface area contributed by atoms with Gasteiger partial charge in [0, 0.05) is 6.10 Å². The molecule has 1 nitrogen and oxygen atoms in total. The van der Waals surface area contributed by atoms with Crippen molar-refractivity contribution in [1.29, 1.82) is 0 Å². The van der Waals surface area contributed by atoms with Gasteiger partial charge in [-0.25, -0.2) is 0 Å². The quantitative estimate of drug-likeness (QED) is 0.503. The molecule has 0 saturated heterocycles. The summed E-state index contributed by atoms with van der Waals surface area (Å²) in [6.45, 7) is 15.6. The van der Waals surface area contributed by atoms with E-state index in [4.69, 9.17) is 4.43 Å². The average Bonchev–Trinajstić information content (AvgIpc) is 2.15. The first-order valence-corrected chi connectivity index (χ1v) is 10.3. The van der Waals surface area contributed by atoms with E-state index in [0.717, 1.165) is 23.8 Å². The minimum absolute atomic E-state index is 0.500. The lowest BCUT2D eigenvalue weighted by molar-refractivity contribution is 0.0397. The van der Waals surface area contributed by atoms with Gasteiger partial charge in [-0.05, 0) is 49.7 Å². The Bertz CT molecular complexity index is 247. The summed E-state index contributed by atoms with van der Waals surface area (Å²) >= 11 is 0. The fraction of sp³-hybridized carbons (Fsp3) is 0.867. The third kappa shape index (κ3) is 4.59. The molecule has 1 rings (SSSR count). The van der Waals surface area contributed by atoms with E-state index in [9.17, 15) is 0 Å². The van der Waals surface area contributed by atoms with E-state index in [0.29, 0.717) is 6.10 Å². The number of rotatable bonds is 5. The molecule has 0 amide bonds. The summed E-state index contributed by atoms with van der Waals surface area (Å²) in [4.78, 5) is 0. The third-order valence-corrected chi connectivity index (χ3v) is 6.28.